The van der Waals surface area contributed by atoms with Gasteiger partial charge in [0.2, 0.25) is 0 Å². The van der Waals surface area contributed by atoms with Gasteiger partial charge in [-0.15, -0.1) is 0 Å². The van der Waals surface area contributed by atoms with Gasteiger partial charge in [0.25, 0.3) is 0 Å². The molecule has 1 aliphatic rings. The Bertz CT molecular complexity index is 458. The van der Waals surface area contributed by atoms with E-state index in [9.17, 15) is 4.79 Å². The van der Waals surface area contributed by atoms with Crippen LogP contribution in [0.1, 0.15) is 51.5 Å². The van der Waals surface area contributed by atoms with Gasteiger partial charge in [-0.2, -0.15) is 0 Å². The van der Waals surface area contributed by atoms with Gasteiger partial charge in [0.15, 0.2) is 0 Å². The Kier molecular flexibility index (Phi) is 4.69. The van der Waals surface area contributed by atoms with Crippen molar-refractivity contribution in [1.29, 1.82) is 0 Å². The lowest BCUT2D eigenvalue weighted by Crippen LogP contribution is -2.28. The second kappa shape index (κ2) is 6.29. The van der Waals surface area contributed by atoms with E-state index in [0.717, 1.165) is 36.9 Å². The van der Waals surface area contributed by atoms with Crippen LogP contribution in [0.4, 0.5) is 5.69 Å². The fourth-order valence-electron chi connectivity index (χ4n) is 2.73. The first-order chi connectivity index (χ1) is 9.46. The third kappa shape index (κ3) is 4.26. The maximum Gasteiger partial charge on any atom is 0.306 e. The van der Waals surface area contributed by atoms with Gasteiger partial charge in [0.05, 0.1) is 0 Å². The smallest absolute Gasteiger partial charge is 0.306 e. The zero-order valence-corrected chi connectivity index (χ0v) is 12.5. The highest BCUT2D eigenvalue weighted by Crippen LogP contribution is 2.36. The van der Waals surface area contributed by atoms with Crippen LogP contribution in [0.25, 0.3) is 0 Å². The van der Waals surface area contributed by atoms with Crippen LogP contribution >= 0.6 is 0 Å². The van der Waals surface area contributed by atoms with Gasteiger partial charge < -0.3 is 10.5 Å². The predicted molar refractivity (Wildman–Crippen MR) is 81.3 cm³/mol. The van der Waals surface area contributed by atoms with Crippen molar-refractivity contribution >= 4 is 11.7 Å². The molecule has 0 radical (unpaired) electrons. The molecule has 0 amide bonds. The number of carbonyl (C=O) groups is 1. The minimum absolute atomic E-state index is 0.0991. The number of benzene rings is 1. The van der Waals surface area contributed by atoms with Crippen LogP contribution in [-0.4, -0.2) is 12.1 Å². The highest BCUT2D eigenvalue weighted by molar-refractivity contribution is 5.70. The Hall–Kier alpha value is -1.51. The highest BCUT2D eigenvalue weighted by Gasteiger charge is 2.28. The molecule has 1 fully saturated rings. The molecule has 0 atom stereocenters. The summed E-state index contributed by atoms with van der Waals surface area (Å²) < 4.78 is 5.57. The Morgan fingerprint density at radius 1 is 1.30 bits per heavy atom. The molecule has 1 aliphatic carbocycles. The molecule has 1 saturated carbocycles. The number of ether oxygens (including phenoxy) is 1. The number of anilines is 1. The number of hydrogen-bond acceptors (Lipinski definition) is 3. The molecule has 3 heteroatoms. The summed E-state index contributed by atoms with van der Waals surface area (Å²) in [5.41, 5.74) is 8.05. The molecule has 20 heavy (non-hydrogen) atoms. The van der Waals surface area contributed by atoms with Crippen molar-refractivity contribution in [3.63, 3.8) is 0 Å². The zero-order chi connectivity index (χ0) is 14.6. The van der Waals surface area contributed by atoms with Crippen molar-refractivity contribution in [2.24, 2.45) is 5.41 Å². The van der Waals surface area contributed by atoms with Gasteiger partial charge in [-0.1, -0.05) is 32.0 Å². The SMILES string of the molecule is CC1(C)CCC(OC(=O)CCc2ccccc2N)CC1. The van der Waals surface area contributed by atoms with Crippen LogP contribution in [0.15, 0.2) is 24.3 Å². The molecule has 0 spiro atoms. The number of rotatable bonds is 4. The maximum atomic E-state index is 11.9. The quantitative estimate of drug-likeness (QED) is 0.673. The van der Waals surface area contributed by atoms with Crippen LogP contribution < -0.4 is 5.73 Å². The van der Waals surface area contributed by atoms with E-state index >= 15 is 0 Å². The summed E-state index contributed by atoms with van der Waals surface area (Å²) in [6, 6.07) is 7.68. The highest BCUT2D eigenvalue weighted by atomic mass is 16.5. The van der Waals surface area contributed by atoms with Gasteiger partial charge >= 0.3 is 5.97 Å². The van der Waals surface area contributed by atoms with Crippen molar-refractivity contribution in [3.05, 3.63) is 29.8 Å². The van der Waals surface area contributed by atoms with E-state index in [1.165, 1.54) is 0 Å². The van der Waals surface area contributed by atoms with E-state index in [1.54, 1.807) is 0 Å². The standard InChI is InChI=1S/C17H25NO2/c1-17(2)11-9-14(10-12-17)20-16(19)8-7-13-5-3-4-6-15(13)18/h3-6,14H,7-12,18H2,1-2H3. The number of nitrogen functional groups attached to an aromatic ring is 1. The molecular formula is C17H25NO2. The number of aryl methyl sites for hydroxylation is 1. The minimum Gasteiger partial charge on any atom is -0.462 e. The van der Waals surface area contributed by atoms with Crippen LogP contribution in [0.2, 0.25) is 0 Å². The van der Waals surface area contributed by atoms with Crippen molar-refractivity contribution in [1.82, 2.24) is 0 Å². The molecule has 0 saturated heterocycles. The molecule has 2 rings (SSSR count). The molecule has 0 bridgehead atoms. The van der Waals surface area contributed by atoms with Gasteiger partial charge in [0.1, 0.15) is 6.10 Å². The molecule has 2 N–H and O–H groups in total. The summed E-state index contributed by atoms with van der Waals surface area (Å²) in [5, 5.41) is 0. The average Bonchev–Trinajstić information content (AvgIpc) is 2.40. The van der Waals surface area contributed by atoms with Crippen LogP contribution in [-0.2, 0) is 16.0 Å². The zero-order valence-electron chi connectivity index (χ0n) is 12.5. The molecule has 0 unspecified atom stereocenters. The molecule has 3 nitrogen and oxygen atoms in total. The number of nitrogens with two attached hydrogens (primary N) is 1. The number of carbonyl (C=O) groups excluding carboxylic acids is 1. The first-order valence-corrected chi connectivity index (χ1v) is 7.49. The molecule has 110 valence electrons. The van der Waals surface area contributed by atoms with Crippen molar-refractivity contribution in [3.8, 4) is 0 Å². The van der Waals surface area contributed by atoms with Gasteiger partial charge in [-0.25, -0.2) is 0 Å². The summed E-state index contributed by atoms with van der Waals surface area (Å²) in [6.45, 7) is 4.56. The Morgan fingerprint density at radius 2 is 1.95 bits per heavy atom. The molecule has 1 aromatic rings. The molecule has 0 heterocycles. The normalized spacial score (nSPS) is 18.7. The van der Waals surface area contributed by atoms with Crippen LogP contribution in [0.5, 0.6) is 0 Å². The fourth-order valence-corrected chi connectivity index (χ4v) is 2.73. The minimum atomic E-state index is -0.0991. The summed E-state index contributed by atoms with van der Waals surface area (Å²) in [7, 11) is 0. The molecule has 0 aromatic heterocycles. The third-order valence-corrected chi connectivity index (χ3v) is 4.24. The van der Waals surface area contributed by atoms with Gasteiger partial charge in [-0.3, -0.25) is 4.79 Å². The number of hydrogen-bond donors (Lipinski definition) is 1. The second-order valence-electron chi connectivity index (χ2n) is 6.55. The lowest BCUT2D eigenvalue weighted by Gasteiger charge is -2.33. The van der Waals surface area contributed by atoms with Crippen molar-refractivity contribution in [2.75, 3.05) is 5.73 Å². The predicted octanol–water partition coefficient (Wildman–Crippen LogP) is 3.71. The van der Waals surface area contributed by atoms with E-state index in [2.05, 4.69) is 13.8 Å². The molecular weight excluding hydrogens is 250 g/mol. The lowest BCUT2D eigenvalue weighted by atomic mass is 9.76. The first-order valence-electron chi connectivity index (χ1n) is 7.49. The topological polar surface area (TPSA) is 52.3 Å². The van der Waals surface area contributed by atoms with Crippen molar-refractivity contribution in [2.45, 2.75) is 58.5 Å². The van der Waals surface area contributed by atoms with E-state index in [-0.39, 0.29) is 12.1 Å². The van der Waals surface area contributed by atoms with Crippen molar-refractivity contribution < 1.29 is 9.53 Å². The monoisotopic (exact) mass is 275 g/mol. The van der Waals surface area contributed by atoms with Gasteiger partial charge in [0, 0.05) is 12.1 Å². The van der Waals surface area contributed by atoms with E-state index in [0.29, 0.717) is 18.3 Å². The van der Waals surface area contributed by atoms with E-state index < -0.39 is 0 Å². The first kappa shape index (κ1) is 14.9. The summed E-state index contributed by atoms with van der Waals surface area (Å²) >= 11 is 0. The Labute approximate surface area is 121 Å². The summed E-state index contributed by atoms with van der Waals surface area (Å²) in [6.07, 6.45) is 5.44. The Morgan fingerprint density at radius 3 is 2.60 bits per heavy atom. The molecule has 0 aliphatic heterocycles. The third-order valence-electron chi connectivity index (χ3n) is 4.24. The summed E-state index contributed by atoms with van der Waals surface area (Å²) in [5.74, 6) is -0.0991. The fraction of sp³-hybridized carbons (Fsp3) is 0.588. The number of esters is 1. The largest absolute Gasteiger partial charge is 0.462 e. The Balaban J connectivity index is 1.75. The van der Waals surface area contributed by atoms with Crippen LogP contribution in [0.3, 0.4) is 0 Å². The van der Waals surface area contributed by atoms with E-state index in [1.807, 2.05) is 24.3 Å². The van der Waals surface area contributed by atoms with Gasteiger partial charge in [-0.05, 0) is 49.1 Å². The maximum absolute atomic E-state index is 11.9. The second-order valence-corrected chi connectivity index (χ2v) is 6.55. The van der Waals surface area contributed by atoms with Crippen LogP contribution in [0, 0.1) is 5.41 Å². The average molecular weight is 275 g/mol. The summed E-state index contributed by atoms with van der Waals surface area (Å²) in [4.78, 5) is 11.9. The lowest BCUT2D eigenvalue weighted by molar-refractivity contribution is -0.151. The number of para-hydroxylation sites is 1. The molecule has 1 aromatic carbocycles. The van der Waals surface area contributed by atoms with E-state index in [4.69, 9.17) is 10.5 Å².